The minimum atomic E-state index is -1.61. The SMILES string of the molecule is C[C@@H](OC(=O)c1ccccc1)C(OC(=O)c1ccccc1)C(=O)O. The van der Waals surface area contributed by atoms with Gasteiger partial charge in [-0.15, -0.1) is 0 Å². The predicted molar refractivity (Wildman–Crippen MR) is 84.6 cm³/mol. The maximum Gasteiger partial charge on any atom is 0.348 e. The third kappa shape index (κ3) is 4.42. The van der Waals surface area contributed by atoms with Gasteiger partial charge in [-0.2, -0.15) is 0 Å². The largest absolute Gasteiger partial charge is 0.478 e. The van der Waals surface area contributed by atoms with Crippen molar-refractivity contribution in [2.24, 2.45) is 0 Å². The highest BCUT2D eigenvalue weighted by molar-refractivity contribution is 5.92. The van der Waals surface area contributed by atoms with Crippen LogP contribution in [-0.2, 0) is 14.3 Å². The molecule has 124 valence electrons. The number of ether oxygens (including phenoxy) is 2. The topological polar surface area (TPSA) is 89.9 Å². The van der Waals surface area contributed by atoms with Crippen molar-refractivity contribution >= 4 is 17.9 Å². The molecule has 0 aliphatic heterocycles. The van der Waals surface area contributed by atoms with Crippen LogP contribution in [0.25, 0.3) is 0 Å². The van der Waals surface area contributed by atoms with Crippen LogP contribution in [0.3, 0.4) is 0 Å². The van der Waals surface area contributed by atoms with E-state index in [1.165, 1.54) is 19.1 Å². The van der Waals surface area contributed by atoms with E-state index >= 15 is 0 Å². The van der Waals surface area contributed by atoms with Gasteiger partial charge in [0.2, 0.25) is 6.10 Å². The number of carboxylic acid groups (broad SMARTS) is 1. The Morgan fingerprint density at radius 3 is 1.62 bits per heavy atom. The minimum absolute atomic E-state index is 0.213. The fourth-order valence-corrected chi connectivity index (χ4v) is 1.98. The van der Waals surface area contributed by atoms with Crippen LogP contribution in [0, 0.1) is 0 Å². The molecule has 6 nitrogen and oxygen atoms in total. The molecule has 1 unspecified atom stereocenters. The van der Waals surface area contributed by atoms with Gasteiger partial charge >= 0.3 is 17.9 Å². The smallest absolute Gasteiger partial charge is 0.348 e. The van der Waals surface area contributed by atoms with Crippen LogP contribution in [0.15, 0.2) is 60.7 Å². The monoisotopic (exact) mass is 328 g/mol. The molecular weight excluding hydrogens is 312 g/mol. The van der Waals surface area contributed by atoms with E-state index in [4.69, 9.17) is 9.47 Å². The third-order valence-corrected chi connectivity index (χ3v) is 3.22. The molecule has 0 aliphatic rings. The Hall–Kier alpha value is -3.15. The maximum absolute atomic E-state index is 12.0. The molecular formula is C18H16O6. The van der Waals surface area contributed by atoms with Gasteiger partial charge in [-0.3, -0.25) is 0 Å². The third-order valence-electron chi connectivity index (χ3n) is 3.22. The van der Waals surface area contributed by atoms with Gasteiger partial charge in [-0.1, -0.05) is 36.4 Å². The second-order valence-corrected chi connectivity index (χ2v) is 5.01. The summed E-state index contributed by atoms with van der Waals surface area (Å²) in [5.41, 5.74) is 0.494. The van der Waals surface area contributed by atoms with E-state index in [1.54, 1.807) is 48.5 Å². The molecule has 6 heteroatoms. The lowest BCUT2D eigenvalue weighted by Gasteiger charge is -2.20. The first-order valence-electron chi connectivity index (χ1n) is 7.24. The van der Waals surface area contributed by atoms with E-state index in [-0.39, 0.29) is 11.1 Å². The predicted octanol–water partition coefficient (Wildman–Crippen LogP) is 2.54. The standard InChI is InChI=1S/C18H16O6/c1-12(23-17(21)13-8-4-2-5-9-13)15(16(19)20)24-18(22)14-10-6-3-7-11-14/h2-12,15H,1H3,(H,19,20)/t12-,15?/m1/s1. The van der Waals surface area contributed by atoms with E-state index in [2.05, 4.69) is 0 Å². The van der Waals surface area contributed by atoms with Crippen LogP contribution in [-0.4, -0.2) is 35.2 Å². The average molecular weight is 328 g/mol. The zero-order chi connectivity index (χ0) is 17.5. The van der Waals surface area contributed by atoms with Crippen LogP contribution < -0.4 is 0 Å². The molecule has 2 atom stereocenters. The second kappa shape index (κ2) is 7.92. The minimum Gasteiger partial charge on any atom is -0.478 e. The number of carboxylic acids is 1. The van der Waals surface area contributed by atoms with Crippen molar-refractivity contribution in [3.05, 3.63) is 71.8 Å². The van der Waals surface area contributed by atoms with Gasteiger partial charge in [0, 0.05) is 0 Å². The summed E-state index contributed by atoms with van der Waals surface area (Å²) in [6.07, 6.45) is -2.76. The highest BCUT2D eigenvalue weighted by Crippen LogP contribution is 2.12. The fraction of sp³-hybridized carbons (Fsp3) is 0.167. The molecule has 24 heavy (non-hydrogen) atoms. The first-order valence-corrected chi connectivity index (χ1v) is 7.24. The van der Waals surface area contributed by atoms with Crippen LogP contribution in [0.1, 0.15) is 27.6 Å². The molecule has 1 N–H and O–H groups in total. The Kier molecular flexibility index (Phi) is 5.68. The van der Waals surface area contributed by atoms with Crippen molar-refractivity contribution in [2.75, 3.05) is 0 Å². The van der Waals surface area contributed by atoms with E-state index in [1.807, 2.05) is 0 Å². The van der Waals surface area contributed by atoms with Crippen molar-refractivity contribution < 1.29 is 29.0 Å². The van der Waals surface area contributed by atoms with Gasteiger partial charge in [0.05, 0.1) is 11.1 Å². The van der Waals surface area contributed by atoms with Crippen molar-refractivity contribution in [1.82, 2.24) is 0 Å². The lowest BCUT2D eigenvalue weighted by molar-refractivity contribution is -0.153. The number of esters is 2. The number of carbonyl (C=O) groups excluding carboxylic acids is 2. The summed E-state index contributed by atoms with van der Waals surface area (Å²) in [4.78, 5) is 35.3. The Balaban J connectivity index is 2.05. The maximum atomic E-state index is 12.0. The molecule has 0 spiro atoms. The van der Waals surface area contributed by atoms with Crippen molar-refractivity contribution in [2.45, 2.75) is 19.1 Å². The molecule has 0 saturated carbocycles. The zero-order valence-corrected chi connectivity index (χ0v) is 12.9. The zero-order valence-electron chi connectivity index (χ0n) is 12.9. The van der Waals surface area contributed by atoms with Crippen LogP contribution >= 0.6 is 0 Å². The summed E-state index contributed by atoms with van der Waals surface area (Å²) in [5, 5.41) is 9.25. The fourth-order valence-electron chi connectivity index (χ4n) is 1.98. The number of aliphatic carboxylic acids is 1. The lowest BCUT2D eigenvalue weighted by Crippen LogP contribution is -2.39. The van der Waals surface area contributed by atoms with E-state index in [9.17, 15) is 19.5 Å². The lowest BCUT2D eigenvalue weighted by atomic mass is 10.2. The van der Waals surface area contributed by atoms with E-state index < -0.39 is 30.1 Å². The summed E-state index contributed by atoms with van der Waals surface area (Å²) in [5.74, 6) is -2.89. The molecule has 0 radical (unpaired) electrons. The molecule has 0 fully saturated rings. The van der Waals surface area contributed by atoms with Gasteiger partial charge in [-0.05, 0) is 31.2 Å². The van der Waals surface area contributed by atoms with E-state index in [0.717, 1.165) is 0 Å². The number of hydrogen-bond acceptors (Lipinski definition) is 5. The first-order chi connectivity index (χ1) is 11.5. The summed E-state index contributed by atoms with van der Waals surface area (Å²) in [6, 6.07) is 16.1. The number of hydrogen-bond donors (Lipinski definition) is 1. The molecule has 0 amide bonds. The highest BCUT2D eigenvalue weighted by Gasteiger charge is 2.32. The Labute approximate surface area is 138 Å². The number of carbonyl (C=O) groups is 3. The van der Waals surface area contributed by atoms with Gasteiger partial charge in [0.1, 0.15) is 6.10 Å². The first kappa shape index (κ1) is 17.2. The Bertz CT molecular complexity index is 711. The van der Waals surface area contributed by atoms with Crippen LogP contribution in [0.2, 0.25) is 0 Å². The van der Waals surface area contributed by atoms with Crippen LogP contribution in [0.4, 0.5) is 0 Å². The summed E-state index contributed by atoms with van der Waals surface area (Å²) in [6.45, 7) is 1.36. The molecule has 0 aliphatic carbocycles. The number of benzene rings is 2. The van der Waals surface area contributed by atoms with Crippen molar-refractivity contribution in [3.8, 4) is 0 Å². The average Bonchev–Trinajstić information content (AvgIpc) is 2.60. The summed E-state index contributed by atoms with van der Waals surface area (Å²) in [7, 11) is 0. The molecule has 2 rings (SSSR count). The Morgan fingerprint density at radius 2 is 1.21 bits per heavy atom. The molecule has 2 aromatic carbocycles. The van der Waals surface area contributed by atoms with Gasteiger partial charge in [0.15, 0.2) is 0 Å². The molecule has 2 aromatic rings. The normalized spacial score (nSPS) is 12.7. The quantitative estimate of drug-likeness (QED) is 0.820. The summed E-state index contributed by atoms with van der Waals surface area (Å²) >= 11 is 0. The van der Waals surface area contributed by atoms with Crippen molar-refractivity contribution in [3.63, 3.8) is 0 Å². The molecule has 0 bridgehead atoms. The highest BCUT2D eigenvalue weighted by atomic mass is 16.6. The van der Waals surface area contributed by atoms with Crippen molar-refractivity contribution in [1.29, 1.82) is 0 Å². The van der Waals surface area contributed by atoms with Gasteiger partial charge in [-0.25, -0.2) is 14.4 Å². The summed E-state index contributed by atoms with van der Waals surface area (Å²) < 4.78 is 10.1. The second-order valence-electron chi connectivity index (χ2n) is 5.01. The molecule has 0 saturated heterocycles. The van der Waals surface area contributed by atoms with Gasteiger partial charge < -0.3 is 14.6 Å². The molecule has 0 aromatic heterocycles. The number of rotatable bonds is 6. The van der Waals surface area contributed by atoms with Crippen LogP contribution in [0.5, 0.6) is 0 Å². The Morgan fingerprint density at radius 1 is 0.792 bits per heavy atom. The molecule has 0 heterocycles. The van der Waals surface area contributed by atoms with E-state index in [0.29, 0.717) is 0 Å². The van der Waals surface area contributed by atoms with Gasteiger partial charge in [0.25, 0.3) is 0 Å².